The number of rotatable bonds is 2. The van der Waals surface area contributed by atoms with Crippen LogP contribution in [-0.4, -0.2) is 36.5 Å². The van der Waals surface area contributed by atoms with E-state index in [1.54, 1.807) is 12.1 Å². The number of piperazine rings is 1. The minimum absolute atomic E-state index is 0.0930. The SMILES string of the molecule is Cc1sc(C(=O)N2CCNC[C@@H]2C)cc1-c1ccc(F)cc1. The summed E-state index contributed by atoms with van der Waals surface area (Å²) in [5.41, 5.74) is 1.96. The number of nitrogens with one attached hydrogen (secondary N) is 1. The molecule has 0 saturated carbocycles. The summed E-state index contributed by atoms with van der Waals surface area (Å²) in [7, 11) is 0. The molecule has 3 rings (SSSR count). The topological polar surface area (TPSA) is 32.3 Å². The van der Waals surface area contributed by atoms with Gasteiger partial charge in [-0.15, -0.1) is 11.3 Å². The first-order valence-corrected chi connectivity index (χ1v) is 8.26. The van der Waals surface area contributed by atoms with Crippen molar-refractivity contribution < 1.29 is 9.18 Å². The van der Waals surface area contributed by atoms with Crippen molar-refractivity contribution in [2.24, 2.45) is 0 Å². The second-order valence-corrected chi connectivity index (χ2v) is 6.90. The molecule has 5 heteroatoms. The predicted molar refractivity (Wildman–Crippen MR) is 87.8 cm³/mol. The van der Waals surface area contributed by atoms with Gasteiger partial charge in [0.25, 0.3) is 5.91 Å². The van der Waals surface area contributed by atoms with Crippen molar-refractivity contribution in [2.75, 3.05) is 19.6 Å². The van der Waals surface area contributed by atoms with Crippen molar-refractivity contribution >= 4 is 17.2 Å². The first-order chi connectivity index (χ1) is 10.6. The molecule has 1 aromatic heterocycles. The molecule has 1 N–H and O–H groups in total. The van der Waals surface area contributed by atoms with Crippen LogP contribution >= 0.6 is 11.3 Å². The molecule has 116 valence electrons. The van der Waals surface area contributed by atoms with Crippen LogP contribution in [0.15, 0.2) is 30.3 Å². The molecule has 0 unspecified atom stereocenters. The highest BCUT2D eigenvalue weighted by Gasteiger charge is 2.25. The first kappa shape index (κ1) is 15.2. The van der Waals surface area contributed by atoms with Gasteiger partial charge in [-0.2, -0.15) is 0 Å². The molecule has 1 aliphatic rings. The fourth-order valence-electron chi connectivity index (χ4n) is 2.79. The van der Waals surface area contributed by atoms with E-state index in [0.717, 1.165) is 40.5 Å². The van der Waals surface area contributed by atoms with Gasteiger partial charge in [-0.1, -0.05) is 12.1 Å². The van der Waals surface area contributed by atoms with Crippen LogP contribution in [0.5, 0.6) is 0 Å². The molecule has 22 heavy (non-hydrogen) atoms. The number of carbonyl (C=O) groups is 1. The minimum Gasteiger partial charge on any atom is -0.333 e. The van der Waals surface area contributed by atoms with Crippen LogP contribution in [0.3, 0.4) is 0 Å². The van der Waals surface area contributed by atoms with E-state index in [1.807, 2.05) is 17.9 Å². The maximum absolute atomic E-state index is 13.1. The predicted octanol–water partition coefficient (Wildman–Crippen LogP) is 3.30. The van der Waals surface area contributed by atoms with Crippen molar-refractivity contribution in [2.45, 2.75) is 19.9 Å². The maximum Gasteiger partial charge on any atom is 0.264 e. The molecule has 0 radical (unpaired) electrons. The van der Waals surface area contributed by atoms with Crippen molar-refractivity contribution in [3.8, 4) is 11.1 Å². The van der Waals surface area contributed by atoms with E-state index in [9.17, 15) is 9.18 Å². The largest absolute Gasteiger partial charge is 0.333 e. The van der Waals surface area contributed by atoms with Crippen LogP contribution in [0.2, 0.25) is 0 Å². The molecular formula is C17H19FN2OS. The van der Waals surface area contributed by atoms with Crippen LogP contribution in [0.4, 0.5) is 4.39 Å². The highest BCUT2D eigenvalue weighted by atomic mass is 32.1. The van der Waals surface area contributed by atoms with Crippen LogP contribution in [0, 0.1) is 12.7 Å². The van der Waals surface area contributed by atoms with E-state index < -0.39 is 0 Å². The Kier molecular flexibility index (Phi) is 4.27. The van der Waals surface area contributed by atoms with Gasteiger partial charge in [0.2, 0.25) is 0 Å². The van der Waals surface area contributed by atoms with Crippen LogP contribution in [0.25, 0.3) is 11.1 Å². The van der Waals surface area contributed by atoms with Crippen LogP contribution in [-0.2, 0) is 0 Å². The Labute approximate surface area is 133 Å². The lowest BCUT2D eigenvalue weighted by atomic mass is 10.1. The molecule has 1 aliphatic heterocycles. The molecule has 1 saturated heterocycles. The number of hydrogen-bond acceptors (Lipinski definition) is 3. The molecule has 3 nitrogen and oxygen atoms in total. The van der Waals surface area contributed by atoms with E-state index >= 15 is 0 Å². The number of carbonyl (C=O) groups excluding carboxylic acids is 1. The third-order valence-electron chi connectivity index (χ3n) is 4.05. The van der Waals surface area contributed by atoms with Gasteiger partial charge in [0.05, 0.1) is 4.88 Å². The standard InChI is InChI=1S/C17H19FN2OS/c1-11-10-19-7-8-20(11)17(21)16-9-15(12(2)22-16)13-3-5-14(18)6-4-13/h3-6,9,11,19H,7-8,10H2,1-2H3/t11-/m0/s1. The molecule has 1 atom stereocenters. The lowest BCUT2D eigenvalue weighted by Gasteiger charge is -2.33. The molecule has 1 aromatic carbocycles. The Bertz CT molecular complexity index is 680. The van der Waals surface area contributed by atoms with Gasteiger partial charge in [0.1, 0.15) is 5.82 Å². The Morgan fingerprint density at radius 2 is 2.09 bits per heavy atom. The Hall–Kier alpha value is -1.72. The highest BCUT2D eigenvalue weighted by Crippen LogP contribution is 2.32. The van der Waals surface area contributed by atoms with Crippen molar-refractivity contribution in [3.63, 3.8) is 0 Å². The van der Waals surface area contributed by atoms with Gasteiger partial charge in [-0.05, 0) is 43.2 Å². The minimum atomic E-state index is -0.248. The summed E-state index contributed by atoms with van der Waals surface area (Å²) < 4.78 is 13.1. The van der Waals surface area contributed by atoms with E-state index in [0.29, 0.717) is 0 Å². The number of halogens is 1. The molecule has 1 fully saturated rings. The van der Waals surface area contributed by atoms with Gasteiger partial charge in [0.15, 0.2) is 0 Å². The van der Waals surface area contributed by atoms with Crippen LogP contribution in [0.1, 0.15) is 21.5 Å². The number of thiophene rings is 1. The molecule has 1 amide bonds. The van der Waals surface area contributed by atoms with Gasteiger partial charge in [-0.3, -0.25) is 4.79 Å². The monoisotopic (exact) mass is 318 g/mol. The van der Waals surface area contributed by atoms with Gasteiger partial charge in [0, 0.05) is 30.6 Å². The number of nitrogens with zero attached hydrogens (tertiary/aromatic N) is 1. The summed E-state index contributed by atoms with van der Waals surface area (Å²) in [4.78, 5) is 16.5. The van der Waals surface area contributed by atoms with Gasteiger partial charge < -0.3 is 10.2 Å². The Morgan fingerprint density at radius 3 is 2.77 bits per heavy atom. The smallest absolute Gasteiger partial charge is 0.264 e. The maximum atomic E-state index is 13.1. The zero-order chi connectivity index (χ0) is 15.7. The first-order valence-electron chi connectivity index (χ1n) is 7.44. The van der Waals surface area contributed by atoms with E-state index in [4.69, 9.17) is 0 Å². The zero-order valence-corrected chi connectivity index (χ0v) is 13.5. The summed E-state index contributed by atoms with van der Waals surface area (Å²) in [5.74, 6) is -0.155. The molecular weight excluding hydrogens is 299 g/mol. The summed E-state index contributed by atoms with van der Waals surface area (Å²) in [5, 5.41) is 3.29. The Morgan fingerprint density at radius 1 is 1.36 bits per heavy atom. The highest BCUT2D eigenvalue weighted by molar-refractivity contribution is 7.14. The third-order valence-corrected chi connectivity index (χ3v) is 5.08. The van der Waals surface area contributed by atoms with Crippen molar-refractivity contribution in [1.82, 2.24) is 10.2 Å². The summed E-state index contributed by atoms with van der Waals surface area (Å²) in [6, 6.07) is 8.55. The van der Waals surface area contributed by atoms with Gasteiger partial charge >= 0.3 is 0 Å². The number of benzene rings is 1. The van der Waals surface area contributed by atoms with Crippen molar-refractivity contribution in [1.29, 1.82) is 0 Å². The number of amides is 1. The summed E-state index contributed by atoms with van der Waals surface area (Å²) >= 11 is 1.51. The molecule has 0 aliphatic carbocycles. The third kappa shape index (κ3) is 2.91. The summed E-state index contributed by atoms with van der Waals surface area (Å²) in [6.45, 7) is 6.47. The normalized spacial score (nSPS) is 18.5. The lowest BCUT2D eigenvalue weighted by Crippen LogP contribution is -2.52. The van der Waals surface area contributed by atoms with E-state index in [2.05, 4.69) is 12.2 Å². The number of aryl methyl sites for hydroxylation is 1. The van der Waals surface area contributed by atoms with E-state index in [1.165, 1.54) is 23.5 Å². The summed E-state index contributed by atoms with van der Waals surface area (Å²) in [6.07, 6.45) is 0. The van der Waals surface area contributed by atoms with Crippen LogP contribution < -0.4 is 5.32 Å². The lowest BCUT2D eigenvalue weighted by molar-refractivity contribution is 0.0661. The molecule has 0 spiro atoms. The quantitative estimate of drug-likeness (QED) is 0.921. The average Bonchev–Trinajstić information content (AvgIpc) is 2.90. The molecule has 0 bridgehead atoms. The molecule has 2 aromatic rings. The fourth-order valence-corrected chi connectivity index (χ4v) is 3.79. The second-order valence-electron chi connectivity index (χ2n) is 5.64. The van der Waals surface area contributed by atoms with Crippen molar-refractivity contribution in [3.05, 3.63) is 45.9 Å². The Balaban J connectivity index is 1.88. The zero-order valence-electron chi connectivity index (χ0n) is 12.7. The molecule has 2 heterocycles. The van der Waals surface area contributed by atoms with Gasteiger partial charge in [-0.25, -0.2) is 4.39 Å². The second kappa shape index (κ2) is 6.18. The average molecular weight is 318 g/mol. The fraction of sp³-hybridized carbons (Fsp3) is 0.353. The van der Waals surface area contributed by atoms with E-state index in [-0.39, 0.29) is 17.8 Å². The number of hydrogen-bond donors (Lipinski definition) is 1.